The maximum atomic E-state index is 6.02. The topological polar surface area (TPSA) is 28.1 Å². The van der Waals surface area contributed by atoms with Crippen molar-refractivity contribution in [1.29, 1.82) is 0 Å². The first-order chi connectivity index (χ1) is 10.3. The fourth-order valence-corrected chi connectivity index (χ4v) is 3.00. The second-order valence-corrected chi connectivity index (χ2v) is 5.37. The van der Waals surface area contributed by atoms with E-state index in [1.807, 2.05) is 41.4 Å². The molecule has 2 aromatic carbocycles. The third kappa shape index (κ3) is 1.83. The summed E-state index contributed by atoms with van der Waals surface area (Å²) in [4.78, 5) is 2.23. The molecule has 2 aliphatic rings. The van der Waals surface area contributed by atoms with Gasteiger partial charge in [-0.05, 0) is 12.1 Å². The molecule has 4 heteroatoms. The molecule has 2 heterocycles. The predicted octanol–water partition coefficient (Wildman–Crippen LogP) is 2.87. The number of anilines is 1. The molecule has 2 aromatic rings. The summed E-state index contributed by atoms with van der Waals surface area (Å²) in [6.45, 7) is 3.64. The van der Waals surface area contributed by atoms with Crippen molar-refractivity contribution in [3.05, 3.63) is 66.2 Å². The highest BCUT2D eigenvalue weighted by Crippen LogP contribution is 2.38. The van der Waals surface area contributed by atoms with E-state index in [1.165, 1.54) is 0 Å². The van der Waals surface area contributed by atoms with Crippen LogP contribution < -0.4 is 5.01 Å². The van der Waals surface area contributed by atoms with Gasteiger partial charge >= 0.3 is 0 Å². The lowest BCUT2D eigenvalue weighted by molar-refractivity contribution is -0.0294. The van der Waals surface area contributed by atoms with Gasteiger partial charge in [-0.15, -0.1) is 5.10 Å². The average molecular weight is 279 g/mol. The van der Waals surface area contributed by atoms with E-state index in [0.717, 1.165) is 23.6 Å². The Morgan fingerprint density at radius 2 is 1.67 bits per heavy atom. The minimum atomic E-state index is -0.535. The van der Waals surface area contributed by atoms with Gasteiger partial charge in [0.25, 0.3) is 0 Å². The number of amidine groups is 1. The van der Waals surface area contributed by atoms with Crippen molar-refractivity contribution in [1.82, 2.24) is 4.90 Å². The van der Waals surface area contributed by atoms with Crippen molar-refractivity contribution in [3.8, 4) is 0 Å². The largest absolute Gasteiger partial charge is 0.335 e. The van der Waals surface area contributed by atoms with Gasteiger partial charge in [-0.25, -0.2) is 5.01 Å². The van der Waals surface area contributed by atoms with Crippen LogP contribution in [0.3, 0.4) is 0 Å². The highest BCUT2D eigenvalue weighted by Gasteiger charge is 2.50. The Hall–Kier alpha value is -2.33. The molecule has 0 aromatic heterocycles. The molecule has 0 radical (unpaired) electrons. The Bertz CT molecular complexity index is 671. The van der Waals surface area contributed by atoms with Crippen LogP contribution in [0.5, 0.6) is 0 Å². The first-order valence-electron chi connectivity index (χ1n) is 7.20. The number of hydrogen-bond acceptors (Lipinski definition) is 4. The van der Waals surface area contributed by atoms with Gasteiger partial charge in [-0.1, -0.05) is 48.5 Å². The van der Waals surface area contributed by atoms with E-state index in [2.05, 4.69) is 36.1 Å². The SMILES string of the molecule is CC12OCCN1C(c1ccccc1)=NN2c1ccccc1. The summed E-state index contributed by atoms with van der Waals surface area (Å²) in [5, 5.41) is 6.81. The molecular formula is C17H17N3O. The third-order valence-corrected chi connectivity index (χ3v) is 4.07. The Morgan fingerprint density at radius 3 is 2.38 bits per heavy atom. The molecule has 0 saturated carbocycles. The number of nitrogens with zero attached hydrogens (tertiary/aromatic N) is 3. The fraction of sp³-hybridized carbons (Fsp3) is 0.235. The zero-order chi connectivity index (χ0) is 14.3. The van der Waals surface area contributed by atoms with Crippen LogP contribution in [-0.2, 0) is 4.74 Å². The number of hydrazone groups is 1. The normalized spacial score (nSPS) is 24.1. The zero-order valence-corrected chi connectivity index (χ0v) is 11.9. The molecule has 0 N–H and O–H groups in total. The molecule has 4 nitrogen and oxygen atoms in total. The molecule has 0 amide bonds. The summed E-state index contributed by atoms with van der Waals surface area (Å²) in [5.41, 5.74) is 2.16. The first-order valence-corrected chi connectivity index (χ1v) is 7.20. The number of ether oxygens (including phenoxy) is 1. The molecule has 1 saturated heterocycles. The maximum Gasteiger partial charge on any atom is 0.239 e. The molecule has 1 atom stereocenters. The highest BCUT2D eigenvalue weighted by atomic mass is 16.6. The van der Waals surface area contributed by atoms with E-state index in [-0.39, 0.29) is 0 Å². The second-order valence-electron chi connectivity index (χ2n) is 5.37. The predicted molar refractivity (Wildman–Crippen MR) is 83.0 cm³/mol. The van der Waals surface area contributed by atoms with Gasteiger partial charge in [0.05, 0.1) is 12.3 Å². The van der Waals surface area contributed by atoms with E-state index >= 15 is 0 Å². The molecule has 0 spiro atoms. The minimum Gasteiger partial charge on any atom is -0.335 e. The molecule has 0 bridgehead atoms. The molecule has 21 heavy (non-hydrogen) atoms. The lowest BCUT2D eigenvalue weighted by Gasteiger charge is -2.34. The first kappa shape index (κ1) is 12.4. The van der Waals surface area contributed by atoms with Crippen molar-refractivity contribution in [2.75, 3.05) is 18.2 Å². The van der Waals surface area contributed by atoms with Crippen LogP contribution in [-0.4, -0.2) is 29.7 Å². The molecule has 106 valence electrons. The van der Waals surface area contributed by atoms with Crippen LogP contribution in [0.1, 0.15) is 12.5 Å². The molecule has 1 fully saturated rings. The Labute approximate surface area is 124 Å². The van der Waals surface area contributed by atoms with Crippen molar-refractivity contribution < 1.29 is 4.74 Å². The second kappa shape index (κ2) is 4.60. The van der Waals surface area contributed by atoms with E-state index in [4.69, 9.17) is 9.84 Å². The Kier molecular flexibility index (Phi) is 2.72. The molecular weight excluding hydrogens is 262 g/mol. The van der Waals surface area contributed by atoms with Gasteiger partial charge in [-0.2, -0.15) is 0 Å². The van der Waals surface area contributed by atoms with Gasteiger partial charge in [0.2, 0.25) is 5.85 Å². The van der Waals surface area contributed by atoms with Gasteiger partial charge in [0.1, 0.15) is 0 Å². The fourth-order valence-electron chi connectivity index (χ4n) is 3.00. The Balaban J connectivity index is 1.82. The van der Waals surface area contributed by atoms with Crippen molar-refractivity contribution in [3.63, 3.8) is 0 Å². The van der Waals surface area contributed by atoms with Gasteiger partial charge in [0.15, 0.2) is 5.84 Å². The van der Waals surface area contributed by atoms with E-state index in [0.29, 0.717) is 6.61 Å². The summed E-state index contributed by atoms with van der Waals surface area (Å²) in [5.74, 6) is 0.437. The number of para-hydroxylation sites is 1. The minimum absolute atomic E-state index is 0.535. The lowest BCUT2D eigenvalue weighted by atomic mass is 10.2. The smallest absolute Gasteiger partial charge is 0.239 e. The van der Waals surface area contributed by atoms with E-state index < -0.39 is 5.85 Å². The van der Waals surface area contributed by atoms with Gasteiger partial charge in [-0.3, -0.25) is 0 Å². The summed E-state index contributed by atoms with van der Waals surface area (Å²) in [7, 11) is 0. The van der Waals surface area contributed by atoms with Crippen molar-refractivity contribution in [2.24, 2.45) is 5.10 Å². The molecule has 1 unspecified atom stereocenters. The van der Waals surface area contributed by atoms with Crippen molar-refractivity contribution >= 4 is 11.5 Å². The highest BCUT2D eigenvalue weighted by molar-refractivity contribution is 6.01. The summed E-state index contributed by atoms with van der Waals surface area (Å²) in [6, 6.07) is 20.4. The zero-order valence-electron chi connectivity index (χ0n) is 11.9. The summed E-state index contributed by atoms with van der Waals surface area (Å²) >= 11 is 0. The van der Waals surface area contributed by atoms with Crippen LogP contribution in [0.25, 0.3) is 0 Å². The lowest BCUT2D eigenvalue weighted by Crippen LogP contribution is -2.50. The standard InChI is InChI=1S/C17H17N3O/c1-17-19(12-13-21-17)16(14-8-4-2-5-9-14)18-20(17)15-10-6-3-7-11-15/h2-11H,12-13H2,1H3. The Morgan fingerprint density at radius 1 is 1.00 bits per heavy atom. The van der Waals surface area contributed by atoms with Crippen LogP contribution >= 0.6 is 0 Å². The number of benzene rings is 2. The van der Waals surface area contributed by atoms with Crippen LogP contribution in [0, 0.1) is 0 Å². The maximum absolute atomic E-state index is 6.02. The van der Waals surface area contributed by atoms with E-state index in [1.54, 1.807) is 0 Å². The molecule has 0 aliphatic carbocycles. The summed E-state index contributed by atoms with van der Waals surface area (Å²) < 4.78 is 6.02. The van der Waals surface area contributed by atoms with Crippen LogP contribution in [0.2, 0.25) is 0 Å². The molecule has 2 aliphatic heterocycles. The van der Waals surface area contributed by atoms with Gasteiger partial charge in [0, 0.05) is 19.0 Å². The quantitative estimate of drug-likeness (QED) is 0.846. The van der Waals surface area contributed by atoms with Crippen LogP contribution in [0.4, 0.5) is 5.69 Å². The molecule has 4 rings (SSSR count). The number of rotatable bonds is 2. The summed E-state index contributed by atoms with van der Waals surface area (Å²) in [6.07, 6.45) is 0. The monoisotopic (exact) mass is 279 g/mol. The van der Waals surface area contributed by atoms with Gasteiger partial charge < -0.3 is 9.64 Å². The van der Waals surface area contributed by atoms with E-state index in [9.17, 15) is 0 Å². The third-order valence-electron chi connectivity index (χ3n) is 4.07. The number of hydrogen-bond donors (Lipinski definition) is 0. The average Bonchev–Trinajstić information content (AvgIpc) is 3.04. The van der Waals surface area contributed by atoms with Crippen LogP contribution in [0.15, 0.2) is 65.8 Å². The number of fused-ring (bicyclic) bond motifs is 1. The van der Waals surface area contributed by atoms with Crippen molar-refractivity contribution in [2.45, 2.75) is 12.8 Å².